The number of benzene rings is 1. The normalized spacial score (nSPS) is 21.0. The minimum Gasteiger partial charge on any atom is -0.490 e. The SMILES string of the molecule is Cc1noc(C)c1S(=O)(=O)Nc1ccc2c(c1)C(=O)N([C@@H](C)CO)C[C@@H](C)[C@H](CN(C)C(=O)NC(C)C)OCCCC[C@H](C)O2. The number of nitrogens with zero attached hydrogens (tertiary/aromatic N) is 3. The molecule has 0 spiro atoms. The lowest BCUT2D eigenvalue weighted by Gasteiger charge is -2.36. The second-order valence-corrected chi connectivity index (χ2v) is 13.9. The van der Waals surface area contributed by atoms with Crippen LogP contribution in [0.2, 0.25) is 0 Å². The predicted octanol–water partition coefficient (Wildman–Crippen LogP) is 3.94. The maximum absolute atomic E-state index is 14.3. The summed E-state index contributed by atoms with van der Waals surface area (Å²) in [4.78, 5) is 30.0. The van der Waals surface area contributed by atoms with Gasteiger partial charge in [-0.05, 0) is 79.0 Å². The quantitative estimate of drug-likeness (QED) is 0.384. The number of sulfonamides is 1. The number of carbonyl (C=O) groups is 2. The monoisotopic (exact) mass is 651 g/mol. The summed E-state index contributed by atoms with van der Waals surface area (Å²) in [5.41, 5.74) is 0.520. The minimum absolute atomic E-state index is 0.0242. The van der Waals surface area contributed by atoms with Crippen LogP contribution in [0.1, 0.15) is 75.7 Å². The summed E-state index contributed by atoms with van der Waals surface area (Å²) in [6.07, 6.45) is 1.67. The van der Waals surface area contributed by atoms with E-state index in [0.29, 0.717) is 25.3 Å². The van der Waals surface area contributed by atoms with Gasteiger partial charge in [-0.3, -0.25) is 9.52 Å². The molecule has 252 valence electrons. The first-order chi connectivity index (χ1) is 21.1. The number of nitrogens with one attached hydrogen (secondary N) is 2. The summed E-state index contributed by atoms with van der Waals surface area (Å²) in [6, 6.07) is 3.75. The van der Waals surface area contributed by atoms with E-state index >= 15 is 0 Å². The van der Waals surface area contributed by atoms with Gasteiger partial charge in [-0.2, -0.15) is 0 Å². The molecule has 0 radical (unpaired) electrons. The Labute approximate surface area is 266 Å². The lowest BCUT2D eigenvalue weighted by molar-refractivity contribution is -0.0122. The number of hydrogen-bond donors (Lipinski definition) is 3. The molecule has 45 heavy (non-hydrogen) atoms. The molecule has 0 unspecified atom stereocenters. The first-order valence-electron chi connectivity index (χ1n) is 15.5. The van der Waals surface area contributed by atoms with E-state index in [4.69, 9.17) is 14.0 Å². The van der Waals surface area contributed by atoms with Gasteiger partial charge in [0.15, 0.2) is 10.7 Å². The van der Waals surface area contributed by atoms with Crippen molar-refractivity contribution < 1.29 is 37.1 Å². The summed E-state index contributed by atoms with van der Waals surface area (Å²) < 4.78 is 46.6. The van der Waals surface area contributed by atoms with Crippen molar-refractivity contribution >= 4 is 27.6 Å². The maximum atomic E-state index is 14.3. The van der Waals surface area contributed by atoms with Crippen LogP contribution in [-0.2, 0) is 14.8 Å². The Morgan fingerprint density at radius 2 is 1.91 bits per heavy atom. The smallest absolute Gasteiger partial charge is 0.317 e. The van der Waals surface area contributed by atoms with E-state index in [1.54, 1.807) is 35.9 Å². The molecular formula is C31H49N5O8S. The van der Waals surface area contributed by atoms with E-state index < -0.39 is 28.1 Å². The van der Waals surface area contributed by atoms with Gasteiger partial charge in [-0.1, -0.05) is 12.1 Å². The number of hydrogen-bond acceptors (Lipinski definition) is 9. The third-order valence-electron chi connectivity index (χ3n) is 7.75. The molecule has 0 aliphatic carbocycles. The number of aromatic nitrogens is 1. The van der Waals surface area contributed by atoms with Crippen molar-refractivity contribution in [1.82, 2.24) is 20.3 Å². The molecule has 14 heteroatoms. The van der Waals surface area contributed by atoms with E-state index in [1.807, 2.05) is 27.7 Å². The first-order valence-corrected chi connectivity index (χ1v) is 16.9. The molecule has 13 nitrogen and oxygen atoms in total. The molecule has 2 aromatic rings. The van der Waals surface area contributed by atoms with Gasteiger partial charge in [0.25, 0.3) is 15.9 Å². The number of ether oxygens (including phenoxy) is 2. The van der Waals surface area contributed by atoms with Crippen LogP contribution in [0.5, 0.6) is 5.75 Å². The number of likely N-dealkylation sites (N-methyl/N-ethyl adjacent to an activating group) is 1. The van der Waals surface area contributed by atoms with Crippen LogP contribution in [0.15, 0.2) is 27.6 Å². The molecule has 0 saturated heterocycles. The Kier molecular flexibility index (Phi) is 12.7. The van der Waals surface area contributed by atoms with Crippen molar-refractivity contribution in [3.05, 3.63) is 35.2 Å². The molecule has 1 aliphatic heterocycles. The molecule has 0 fully saturated rings. The average Bonchev–Trinajstić information content (AvgIpc) is 3.32. The maximum Gasteiger partial charge on any atom is 0.317 e. The van der Waals surface area contributed by atoms with E-state index in [-0.39, 0.29) is 64.8 Å². The van der Waals surface area contributed by atoms with Crippen LogP contribution in [0.3, 0.4) is 0 Å². The van der Waals surface area contributed by atoms with Gasteiger partial charge < -0.3 is 34.2 Å². The molecule has 1 aromatic carbocycles. The van der Waals surface area contributed by atoms with E-state index in [2.05, 4.69) is 15.2 Å². The van der Waals surface area contributed by atoms with Gasteiger partial charge in [0.1, 0.15) is 11.4 Å². The second-order valence-electron chi connectivity index (χ2n) is 12.3. The number of aliphatic hydroxyl groups excluding tert-OH is 1. The molecular weight excluding hydrogens is 602 g/mol. The van der Waals surface area contributed by atoms with Gasteiger partial charge in [-0.15, -0.1) is 0 Å². The first kappa shape index (κ1) is 36.1. The average molecular weight is 652 g/mol. The summed E-state index contributed by atoms with van der Waals surface area (Å²) in [5, 5.41) is 16.8. The molecule has 0 bridgehead atoms. The van der Waals surface area contributed by atoms with Crippen molar-refractivity contribution in [1.29, 1.82) is 0 Å². The highest BCUT2D eigenvalue weighted by Gasteiger charge is 2.32. The standard InChI is InChI=1S/C31H49N5O8S/c1-19(2)32-31(39)35(8)17-28-20(3)16-36(21(4)18-37)30(38)26-15-25(34-45(40,41)29-23(6)33-44-24(29)7)12-13-27(26)43-22(5)11-9-10-14-42-28/h12-13,15,19-22,28,34,37H,9-11,14,16-18H2,1-8H3,(H,32,39)/t20-,21+,22+,28+/m1/s1. The number of carbonyl (C=O) groups excluding carboxylic acids is 2. The van der Waals surface area contributed by atoms with Crippen LogP contribution < -0.4 is 14.8 Å². The fraction of sp³-hybridized carbons (Fsp3) is 0.645. The molecule has 1 aromatic heterocycles. The fourth-order valence-corrected chi connectivity index (χ4v) is 6.60. The summed E-state index contributed by atoms with van der Waals surface area (Å²) in [5.74, 6) is -0.214. The molecule has 3 N–H and O–H groups in total. The highest BCUT2D eigenvalue weighted by molar-refractivity contribution is 7.92. The summed E-state index contributed by atoms with van der Waals surface area (Å²) in [7, 11) is -2.37. The van der Waals surface area contributed by atoms with Crippen LogP contribution in [0.25, 0.3) is 0 Å². The lowest BCUT2D eigenvalue weighted by atomic mass is 10.0. The van der Waals surface area contributed by atoms with E-state index in [9.17, 15) is 23.1 Å². The molecule has 4 atom stereocenters. The zero-order valence-electron chi connectivity index (χ0n) is 27.6. The Balaban J connectivity index is 2.00. The topological polar surface area (TPSA) is 164 Å². The van der Waals surface area contributed by atoms with Crippen molar-refractivity contribution in [3.8, 4) is 5.75 Å². The molecule has 2 heterocycles. The zero-order chi connectivity index (χ0) is 33.5. The highest BCUT2D eigenvalue weighted by Crippen LogP contribution is 2.30. The molecule has 0 saturated carbocycles. The summed E-state index contributed by atoms with van der Waals surface area (Å²) in [6.45, 7) is 13.1. The number of aliphatic hydroxyl groups is 1. The van der Waals surface area contributed by atoms with Gasteiger partial charge in [0, 0.05) is 44.4 Å². The van der Waals surface area contributed by atoms with Crippen LogP contribution in [-0.4, -0.2) is 98.1 Å². The minimum atomic E-state index is -4.08. The second kappa shape index (κ2) is 15.8. The van der Waals surface area contributed by atoms with Crippen LogP contribution in [0, 0.1) is 19.8 Å². The van der Waals surface area contributed by atoms with E-state index in [1.165, 1.54) is 19.9 Å². The highest BCUT2D eigenvalue weighted by atomic mass is 32.2. The van der Waals surface area contributed by atoms with Crippen LogP contribution >= 0.6 is 0 Å². The molecule has 1 aliphatic rings. The molecule has 3 rings (SSSR count). The summed E-state index contributed by atoms with van der Waals surface area (Å²) >= 11 is 0. The van der Waals surface area contributed by atoms with Crippen molar-refractivity contribution in [2.24, 2.45) is 5.92 Å². The third-order valence-corrected chi connectivity index (χ3v) is 9.38. The van der Waals surface area contributed by atoms with Crippen LogP contribution in [0.4, 0.5) is 10.5 Å². The van der Waals surface area contributed by atoms with Gasteiger partial charge in [0.05, 0.1) is 30.4 Å². The van der Waals surface area contributed by atoms with Gasteiger partial charge >= 0.3 is 6.03 Å². The van der Waals surface area contributed by atoms with E-state index in [0.717, 1.165) is 12.8 Å². The zero-order valence-corrected chi connectivity index (χ0v) is 28.4. The van der Waals surface area contributed by atoms with Crippen molar-refractivity contribution in [2.75, 3.05) is 38.1 Å². The Morgan fingerprint density at radius 1 is 1.20 bits per heavy atom. The molecule has 3 amide bonds. The number of urea groups is 1. The number of fused-ring (bicyclic) bond motifs is 1. The Bertz CT molecular complexity index is 1390. The van der Waals surface area contributed by atoms with Crippen molar-refractivity contribution in [2.45, 2.75) is 96.9 Å². The number of aryl methyl sites for hydroxylation is 2. The Hall–Kier alpha value is -3.36. The fourth-order valence-electron chi connectivity index (χ4n) is 5.22. The Morgan fingerprint density at radius 3 is 2.53 bits per heavy atom. The number of amides is 3. The third kappa shape index (κ3) is 9.57. The number of anilines is 1. The largest absolute Gasteiger partial charge is 0.490 e. The number of rotatable bonds is 8. The lowest BCUT2D eigenvalue weighted by Crippen LogP contribution is -2.49. The van der Waals surface area contributed by atoms with Gasteiger partial charge in [0.2, 0.25) is 0 Å². The van der Waals surface area contributed by atoms with Crippen molar-refractivity contribution in [3.63, 3.8) is 0 Å². The predicted molar refractivity (Wildman–Crippen MR) is 170 cm³/mol. The van der Waals surface area contributed by atoms with Gasteiger partial charge in [-0.25, -0.2) is 13.2 Å².